The fraction of sp³-hybridized carbons (Fsp3) is 0.625. The molecule has 1 aliphatic carbocycles. The van der Waals surface area contributed by atoms with Crippen molar-refractivity contribution in [3.63, 3.8) is 0 Å². The van der Waals surface area contributed by atoms with Gasteiger partial charge in [-0.3, -0.25) is 9.59 Å². The number of nitrogens with zero attached hydrogens (tertiary/aromatic N) is 3. The lowest BCUT2D eigenvalue weighted by molar-refractivity contribution is -0.118. The van der Waals surface area contributed by atoms with Crippen LogP contribution in [0.15, 0.2) is 29.4 Å². The minimum Gasteiger partial charge on any atom is -0.303 e. The first-order chi connectivity index (χ1) is 14.5. The van der Waals surface area contributed by atoms with Crippen LogP contribution in [0.2, 0.25) is 0 Å². The number of benzene rings is 1. The predicted octanol–water partition coefficient (Wildman–Crippen LogP) is 3.55. The Morgan fingerprint density at radius 2 is 1.70 bits per heavy atom. The van der Waals surface area contributed by atoms with Gasteiger partial charge in [-0.25, -0.2) is 5.43 Å². The van der Waals surface area contributed by atoms with E-state index in [-0.39, 0.29) is 17.9 Å². The molecule has 2 heterocycles. The lowest BCUT2D eigenvalue weighted by atomic mass is 9.79. The van der Waals surface area contributed by atoms with Crippen LogP contribution >= 0.6 is 0 Å². The third-order valence-corrected chi connectivity index (χ3v) is 7.23. The molecule has 0 radical (unpaired) electrons. The van der Waals surface area contributed by atoms with E-state index in [1.807, 2.05) is 29.2 Å². The summed E-state index contributed by atoms with van der Waals surface area (Å²) in [5, 5.41) is 4.12. The van der Waals surface area contributed by atoms with Crippen molar-refractivity contribution in [1.29, 1.82) is 0 Å². The predicted molar refractivity (Wildman–Crippen MR) is 119 cm³/mol. The summed E-state index contributed by atoms with van der Waals surface area (Å²) in [5.41, 5.74) is 4.51. The molecule has 0 unspecified atom stereocenters. The zero-order chi connectivity index (χ0) is 21.3. The second-order valence-corrected chi connectivity index (χ2v) is 9.40. The summed E-state index contributed by atoms with van der Waals surface area (Å²) in [6.45, 7) is 8.20. The second-order valence-electron chi connectivity index (χ2n) is 9.40. The Morgan fingerprint density at radius 3 is 2.33 bits per heavy atom. The van der Waals surface area contributed by atoms with E-state index in [4.69, 9.17) is 0 Å². The molecule has 0 atom stereocenters. The summed E-state index contributed by atoms with van der Waals surface area (Å²) in [6, 6.07) is 8.67. The summed E-state index contributed by atoms with van der Waals surface area (Å²) < 4.78 is 0. The Labute approximate surface area is 179 Å². The van der Waals surface area contributed by atoms with Gasteiger partial charge in [-0.15, -0.1) is 0 Å². The number of fused-ring (bicyclic) bond motifs is 1. The van der Waals surface area contributed by atoms with Crippen molar-refractivity contribution in [2.75, 3.05) is 18.0 Å². The second kappa shape index (κ2) is 8.88. The number of piperidine rings is 1. The Balaban J connectivity index is 1.42. The van der Waals surface area contributed by atoms with Crippen molar-refractivity contribution in [3.8, 4) is 0 Å². The van der Waals surface area contributed by atoms with Crippen molar-refractivity contribution in [1.82, 2.24) is 10.3 Å². The van der Waals surface area contributed by atoms with Gasteiger partial charge in [0.25, 0.3) is 5.91 Å². The van der Waals surface area contributed by atoms with Gasteiger partial charge in [-0.05, 0) is 56.4 Å². The average Bonchev–Trinajstić information content (AvgIpc) is 3.03. The Hall–Kier alpha value is -2.21. The molecular formula is C24H34N4O2. The number of hydrogen-bond donors (Lipinski definition) is 1. The number of anilines is 1. The molecule has 1 aromatic rings. The largest absolute Gasteiger partial charge is 0.303 e. The van der Waals surface area contributed by atoms with Gasteiger partial charge in [0.2, 0.25) is 5.91 Å². The molecule has 2 amide bonds. The summed E-state index contributed by atoms with van der Waals surface area (Å²) in [7, 11) is 0. The van der Waals surface area contributed by atoms with E-state index < -0.39 is 0 Å². The number of carbonyl (C=O) groups excluding carboxylic acids is 2. The van der Waals surface area contributed by atoms with Crippen molar-refractivity contribution >= 4 is 23.2 Å². The van der Waals surface area contributed by atoms with E-state index >= 15 is 0 Å². The summed E-state index contributed by atoms with van der Waals surface area (Å²) >= 11 is 0. The van der Waals surface area contributed by atoms with E-state index in [0.29, 0.717) is 11.8 Å². The Kier molecular flexibility index (Phi) is 6.23. The molecule has 1 saturated heterocycles. The van der Waals surface area contributed by atoms with Crippen molar-refractivity contribution in [2.24, 2.45) is 16.9 Å². The zero-order valence-electron chi connectivity index (χ0n) is 18.4. The molecular weight excluding hydrogens is 376 g/mol. The molecule has 6 heteroatoms. The Bertz CT molecular complexity index is 818. The summed E-state index contributed by atoms with van der Waals surface area (Å²) in [6.07, 6.45) is 7.29. The fourth-order valence-electron chi connectivity index (χ4n) is 5.47. The highest BCUT2D eigenvalue weighted by Crippen LogP contribution is 2.36. The molecule has 1 saturated carbocycles. The number of carbonyl (C=O) groups is 2. The maximum absolute atomic E-state index is 13.2. The van der Waals surface area contributed by atoms with Crippen LogP contribution in [-0.2, 0) is 9.59 Å². The molecule has 0 aromatic heterocycles. The van der Waals surface area contributed by atoms with Gasteiger partial charge in [-0.2, -0.15) is 5.10 Å². The number of para-hydroxylation sites is 1. The van der Waals surface area contributed by atoms with Gasteiger partial charge in [-0.1, -0.05) is 32.0 Å². The van der Waals surface area contributed by atoms with Crippen LogP contribution < -0.4 is 10.3 Å². The molecule has 1 N–H and O–H groups in total. The Morgan fingerprint density at radius 1 is 1.03 bits per heavy atom. The van der Waals surface area contributed by atoms with Gasteiger partial charge in [0.05, 0.1) is 5.69 Å². The number of amides is 2. The van der Waals surface area contributed by atoms with E-state index in [1.54, 1.807) is 0 Å². The number of likely N-dealkylation sites (tertiary alicyclic amines) is 1. The quantitative estimate of drug-likeness (QED) is 0.772. The van der Waals surface area contributed by atoms with Crippen LogP contribution in [0.1, 0.15) is 64.9 Å². The topological polar surface area (TPSA) is 65.0 Å². The molecule has 162 valence electrons. The SMILES string of the molecule is CC(=O)NN=C1C(=O)N(C2CCN(C3CCC(C(C)C)CC3)CC2)c2ccccc21. The first kappa shape index (κ1) is 21.0. The van der Waals surface area contributed by atoms with E-state index in [2.05, 4.69) is 29.3 Å². The van der Waals surface area contributed by atoms with Gasteiger partial charge >= 0.3 is 0 Å². The highest BCUT2D eigenvalue weighted by molar-refractivity contribution is 6.54. The number of nitrogens with one attached hydrogen (secondary N) is 1. The molecule has 6 nitrogen and oxygen atoms in total. The maximum atomic E-state index is 13.2. The van der Waals surface area contributed by atoms with Gasteiger partial charge in [0, 0.05) is 37.7 Å². The molecule has 30 heavy (non-hydrogen) atoms. The summed E-state index contributed by atoms with van der Waals surface area (Å²) in [4.78, 5) is 29.1. The van der Waals surface area contributed by atoms with E-state index in [9.17, 15) is 9.59 Å². The smallest absolute Gasteiger partial charge is 0.279 e. The third-order valence-electron chi connectivity index (χ3n) is 7.23. The molecule has 2 aliphatic heterocycles. The molecule has 1 aromatic carbocycles. The first-order valence-electron chi connectivity index (χ1n) is 11.5. The number of hydrogen-bond acceptors (Lipinski definition) is 4. The van der Waals surface area contributed by atoms with Crippen LogP contribution in [0.4, 0.5) is 5.69 Å². The molecule has 0 spiro atoms. The van der Waals surface area contributed by atoms with Crippen LogP contribution in [0.25, 0.3) is 0 Å². The highest BCUT2D eigenvalue weighted by Gasteiger charge is 2.40. The van der Waals surface area contributed by atoms with Crippen LogP contribution in [0, 0.1) is 11.8 Å². The maximum Gasteiger partial charge on any atom is 0.279 e. The van der Waals surface area contributed by atoms with Gasteiger partial charge in [0.1, 0.15) is 0 Å². The lowest BCUT2D eigenvalue weighted by Gasteiger charge is -2.43. The van der Waals surface area contributed by atoms with E-state index in [1.165, 1.54) is 32.6 Å². The van der Waals surface area contributed by atoms with E-state index in [0.717, 1.165) is 49.0 Å². The zero-order valence-corrected chi connectivity index (χ0v) is 18.4. The van der Waals surface area contributed by atoms with Crippen molar-refractivity contribution < 1.29 is 9.59 Å². The van der Waals surface area contributed by atoms with Crippen LogP contribution in [-0.4, -0.2) is 47.6 Å². The van der Waals surface area contributed by atoms with Gasteiger partial charge < -0.3 is 9.80 Å². The number of hydrazone groups is 1. The summed E-state index contributed by atoms with van der Waals surface area (Å²) in [5.74, 6) is 1.32. The standard InChI is InChI=1S/C24H34N4O2/c1-16(2)18-8-10-19(11-9-18)27-14-12-20(13-15-27)28-22-7-5-4-6-21(22)23(24(28)30)26-25-17(3)29/h4-7,16,18-20H,8-15H2,1-3H3,(H,25,29). The highest BCUT2D eigenvalue weighted by atomic mass is 16.2. The molecule has 4 rings (SSSR count). The van der Waals surface area contributed by atoms with Gasteiger partial charge in [0.15, 0.2) is 5.71 Å². The molecule has 0 bridgehead atoms. The molecule has 3 aliphatic rings. The first-order valence-corrected chi connectivity index (χ1v) is 11.5. The molecule has 2 fully saturated rings. The average molecular weight is 411 g/mol. The van der Waals surface area contributed by atoms with Crippen LogP contribution in [0.3, 0.4) is 0 Å². The van der Waals surface area contributed by atoms with Crippen molar-refractivity contribution in [3.05, 3.63) is 29.8 Å². The lowest BCUT2D eigenvalue weighted by Crippen LogP contribution is -2.50. The fourth-order valence-corrected chi connectivity index (χ4v) is 5.47. The minimum absolute atomic E-state index is 0.0964. The minimum atomic E-state index is -0.272. The third kappa shape index (κ3) is 4.15. The van der Waals surface area contributed by atoms with Crippen molar-refractivity contribution in [2.45, 2.75) is 71.4 Å². The number of rotatable bonds is 4. The normalized spacial score (nSPS) is 27.0. The monoisotopic (exact) mass is 410 g/mol. The van der Waals surface area contributed by atoms with Crippen LogP contribution in [0.5, 0.6) is 0 Å².